The first-order valence-corrected chi connectivity index (χ1v) is 7.69. The Bertz CT molecular complexity index is 540. The van der Waals surface area contributed by atoms with E-state index in [9.17, 15) is 0 Å². The molecule has 1 aliphatic rings. The number of rotatable bonds is 4. The van der Waals surface area contributed by atoms with E-state index >= 15 is 0 Å². The van der Waals surface area contributed by atoms with E-state index in [4.69, 9.17) is 0 Å². The molecule has 0 bridgehead atoms. The van der Waals surface area contributed by atoms with E-state index in [1.807, 2.05) is 23.7 Å². The molecule has 2 aromatic heterocycles. The predicted molar refractivity (Wildman–Crippen MR) is 78.2 cm³/mol. The normalized spacial score (nSPS) is 16.8. The summed E-state index contributed by atoms with van der Waals surface area (Å²) in [5, 5.41) is 2.27. The molecule has 3 rings (SSSR count). The molecule has 94 valence electrons. The number of pyridine rings is 1. The van der Waals surface area contributed by atoms with Crippen LogP contribution < -0.4 is 0 Å². The molecule has 0 amide bonds. The summed E-state index contributed by atoms with van der Waals surface area (Å²) < 4.78 is 0. The molecule has 0 saturated heterocycles. The average molecular weight is 257 g/mol. The third kappa shape index (κ3) is 2.35. The molecule has 2 heterocycles. The highest BCUT2D eigenvalue weighted by atomic mass is 32.1. The van der Waals surface area contributed by atoms with Crippen LogP contribution in [0.1, 0.15) is 55.4 Å². The zero-order valence-corrected chi connectivity index (χ0v) is 11.8. The van der Waals surface area contributed by atoms with E-state index in [-0.39, 0.29) is 0 Å². The molecule has 1 atom stereocenters. The maximum atomic E-state index is 4.40. The van der Waals surface area contributed by atoms with Crippen LogP contribution in [0.15, 0.2) is 29.9 Å². The Labute approximate surface area is 113 Å². The van der Waals surface area contributed by atoms with Crippen molar-refractivity contribution in [3.05, 3.63) is 40.3 Å². The van der Waals surface area contributed by atoms with Crippen molar-refractivity contribution >= 4 is 11.3 Å². The first kappa shape index (κ1) is 11.9. The summed E-state index contributed by atoms with van der Waals surface area (Å²) in [5.41, 5.74) is 4.04. The highest BCUT2D eigenvalue weighted by Gasteiger charge is 2.24. The topological polar surface area (TPSA) is 12.9 Å². The van der Waals surface area contributed by atoms with Crippen LogP contribution in [0.2, 0.25) is 0 Å². The van der Waals surface area contributed by atoms with Gasteiger partial charge in [0.15, 0.2) is 0 Å². The average Bonchev–Trinajstić information content (AvgIpc) is 3.15. The first-order valence-electron chi connectivity index (χ1n) is 6.81. The van der Waals surface area contributed by atoms with Crippen LogP contribution in [0.3, 0.4) is 0 Å². The van der Waals surface area contributed by atoms with E-state index < -0.39 is 0 Å². The summed E-state index contributed by atoms with van der Waals surface area (Å²) in [6, 6.07) is 4.67. The SMILES string of the molecule is CCC(C)c1cc(-c2cncc(C3CC3)c2)cs1. The fourth-order valence-corrected chi connectivity index (χ4v) is 3.28. The maximum absolute atomic E-state index is 4.40. The Kier molecular flexibility index (Phi) is 3.21. The smallest absolute Gasteiger partial charge is 0.0346 e. The Morgan fingerprint density at radius 1 is 1.28 bits per heavy atom. The van der Waals surface area contributed by atoms with Gasteiger partial charge in [0.2, 0.25) is 0 Å². The Morgan fingerprint density at radius 2 is 2.11 bits per heavy atom. The van der Waals surface area contributed by atoms with Crippen molar-refractivity contribution in [3.8, 4) is 11.1 Å². The summed E-state index contributed by atoms with van der Waals surface area (Å²) in [7, 11) is 0. The number of nitrogens with zero attached hydrogens (tertiary/aromatic N) is 1. The molecule has 0 aliphatic heterocycles. The number of hydrogen-bond donors (Lipinski definition) is 0. The third-order valence-electron chi connectivity index (χ3n) is 3.86. The third-order valence-corrected chi connectivity index (χ3v) is 5.02. The molecule has 1 saturated carbocycles. The molecule has 1 aliphatic carbocycles. The van der Waals surface area contributed by atoms with Gasteiger partial charge in [0.1, 0.15) is 0 Å². The lowest BCUT2D eigenvalue weighted by Crippen LogP contribution is -1.86. The van der Waals surface area contributed by atoms with Crippen molar-refractivity contribution < 1.29 is 0 Å². The van der Waals surface area contributed by atoms with Gasteiger partial charge in [-0.05, 0) is 59.7 Å². The monoisotopic (exact) mass is 257 g/mol. The van der Waals surface area contributed by atoms with Gasteiger partial charge in [0, 0.05) is 22.8 Å². The molecule has 18 heavy (non-hydrogen) atoms. The summed E-state index contributed by atoms with van der Waals surface area (Å²) in [6.07, 6.45) is 7.91. The van der Waals surface area contributed by atoms with Gasteiger partial charge < -0.3 is 0 Å². The fourth-order valence-electron chi connectivity index (χ4n) is 2.22. The molecule has 2 aromatic rings. The highest BCUT2D eigenvalue weighted by molar-refractivity contribution is 7.10. The van der Waals surface area contributed by atoms with Crippen molar-refractivity contribution in [2.45, 2.75) is 44.9 Å². The summed E-state index contributed by atoms with van der Waals surface area (Å²) >= 11 is 1.88. The zero-order chi connectivity index (χ0) is 12.5. The van der Waals surface area contributed by atoms with Crippen molar-refractivity contribution in [2.24, 2.45) is 0 Å². The van der Waals surface area contributed by atoms with Crippen LogP contribution in [-0.4, -0.2) is 4.98 Å². The number of hydrogen-bond acceptors (Lipinski definition) is 2. The van der Waals surface area contributed by atoms with Crippen LogP contribution in [0.25, 0.3) is 11.1 Å². The maximum Gasteiger partial charge on any atom is 0.0346 e. The largest absolute Gasteiger partial charge is 0.264 e. The molecule has 2 heteroatoms. The molecule has 1 unspecified atom stereocenters. The Hall–Kier alpha value is -1.15. The minimum atomic E-state index is 0.670. The fraction of sp³-hybridized carbons (Fsp3) is 0.438. The second kappa shape index (κ2) is 4.85. The van der Waals surface area contributed by atoms with Crippen LogP contribution in [0.5, 0.6) is 0 Å². The highest BCUT2D eigenvalue weighted by Crippen LogP contribution is 2.41. The molecule has 0 spiro atoms. The van der Waals surface area contributed by atoms with Crippen LogP contribution in [-0.2, 0) is 0 Å². The molecule has 0 N–H and O–H groups in total. The summed E-state index contributed by atoms with van der Waals surface area (Å²) in [5.74, 6) is 1.45. The van der Waals surface area contributed by atoms with E-state index in [2.05, 4.69) is 36.3 Å². The zero-order valence-electron chi connectivity index (χ0n) is 11.0. The second-order valence-corrected chi connectivity index (χ2v) is 6.27. The van der Waals surface area contributed by atoms with Gasteiger partial charge in [-0.3, -0.25) is 4.98 Å². The van der Waals surface area contributed by atoms with Gasteiger partial charge in [-0.1, -0.05) is 13.8 Å². The van der Waals surface area contributed by atoms with Crippen molar-refractivity contribution in [2.75, 3.05) is 0 Å². The van der Waals surface area contributed by atoms with Gasteiger partial charge in [-0.15, -0.1) is 11.3 Å². The summed E-state index contributed by atoms with van der Waals surface area (Å²) in [4.78, 5) is 5.89. The van der Waals surface area contributed by atoms with Gasteiger partial charge in [-0.25, -0.2) is 0 Å². The molecule has 0 aromatic carbocycles. The lowest BCUT2D eigenvalue weighted by atomic mass is 10.0. The molecule has 0 radical (unpaired) electrons. The quantitative estimate of drug-likeness (QED) is 0.733. The van der Waals surface area contributed by atoms with Gasteiger partial charge in [-0.2, -0.15) is 0 Å². The second-order valence-electron chi connectivity index (χ2n) is 5.33. The van der Waals surface area contributed by atoms with Gasteiger partial charge in [0.05, 0.1) is 0 Å². The van der Waals surface area contributed by atoms with E-state index in [1.165, 1.54) is 40.8 Å². The Balaban J connectivity index is 1.89. The van der Waals surface area contributed by atoms with Crippen molar-refractivity contribution in [1.82, 2.24) is 4.98 Å². The lowest BCUT2D eigenvalue weighted by molar-refractivity contribution is 0.748. The number of thiophene rings is 1. The van der Waals surface area contributed by atoms with Gasteiger partial charge in [0.25, 0.3) is 0 Å². The molecular formula is C16H19NS. The standard InChI is InChI=1S/C16H19NS/c1-3-11(2)16-7-15(10-18-16)14-6-13(8-17-9-14)12-4-5-12/h6-12H,3-5H2,1-2H3. The van der Waals surface area contributed by atoms with E-state index in [1.54, 1.807) is 0 Å². The van der Waals surface area contributed by atoms with Crippen molar-refractivity contribution in [1.29, 1.82) is 0 Å². The van der Waals surface area contributed by atoms with Crippen LogP contribution in [0.4, 0.5) is 0 Å². The molecule has 1 fully saturated rings. The van der Waals surface area contributed by atoms with Crippen LogP contribution in [0, 0.1) is 0 Å². The number of aromatic nitrogens is 1. The summed E-state index contributed by atoms with van der Waals surface area (Å²) in [6.45, 7) is 4.55. The van der Waals surface area contributed by atoms with Crippen LogP contribution >= 0.6 is 11.3 Å². The lowest BCUT2D eigenvalue weighted by Gasteiger charge is -2.04. The molecule has 1 nitrogen and oxygen atoms in total. The van der Waals surface area contributed by atoms with Crippen molar-refractivity contribution in [3.63, 3.8) is 0 Å². The van der Waals surface area contributed by atoms with E-state index in [0.717, 1.165) is 5.92 Å². The van der Waals surface area contributed by atoms with E-state index in [0.29, 0.717) is 5.92 Å². The minimum Gasteiger partial charge on any atom is -0.264 e. The molecular weight excluding hydrogens is 238 g/mol. The minimum absolute atomic E-state index is 0.670. The van der Waals surface area contributed by atoms with Gasteiger partial charge >= 0.3 is 0 Å². The first-order chi connectivity index (χ1) is 8.78. The Morgan fingerprint density at radius 3 is 2.83 bits per heavy atom. The predicted octanol–water partition coefficient (Wildman–Crippen LogP) is 5.20.